The summed E-state index contributed by atoms with van der Waals surface area (Å²) in [5.74, 6) is -0.443. The number of anilines is 1. The van der Waals surface area contributed by atoms with Crippen molar-refractivity contribution in [3.8, 4) is 0 Å². The first-order valence-electron chi connectivity index (χ1n) is 11.2. The number of amides is 2. The van der Waals surface area contributed by atoms with E-state index in [1.165, 1.54) is 12.7 Å². The molecule has 2 aliphatic rings. The lowest BCUT2D eigenvalue weighted by Crippen LogP contribution is -2.51. The number of hydrogen-bond acceptors (Lipinski definition) is 5. The van der Waals surface area contributed by atoms with Gasteiger partial charge in [-0.2, -0.15) is 0 Å². The summed E-state index contributed by atoms with van der Waals surface area (Å²) in [5, 5.41) is 6.47. The van der Waals surface area contributed by atoms with Gasteiger partial charge < -0.3 is 20.3 Å². The first kappa shape index (κ1) is 23.1. The molecule has 0 radical (unpaired) electrons. The number of piperazine rings is 1. The van der Waals surface area contributed by atoms with E-state index < -0.39 is 12.0 Å². The van der Waals surface area contributed by atoms with Crippen LogP contribution in [0.3, 0.4) is 0 Å². The number of esters is 1. The number of methoxy groups -OCH3 is 1. The average molecular weight is 469 g/mol. The molecule has 0 bridgehead atoms. The zero-order chi connectivity index (χ0) is 23.4. The Balaban J connectivity index is 1.53. The summed E-state index contributed by atoms with van der Waals surface area (Å²) in [7, 11) is 1.37. The summed E-state index contributed by atoms with van der Waals surface area (Å²) in [5.41, 5.74) is 4.23. The number of hydrogen-bond donors (Lipinski definition) is 2. The van der Waals surface area contributed by atoms with Gasteiger partial charge in [0.25, 0.3) is 0 Å². The molecule has 2 aromatic rings. The summed E-state index contributed by atoms with van der Waals surface area (Å²) in [6.45, 7) is 5.86. The Hall–Kier alpha value is -3.03. The number of aryl methyl sites for hydroxylation is 1. The molecule has 1 atom stereocenters. The van der Waals surface area contributed by atoms with Crippen LogP contribution in [0.4, 0.5) is 10.5 Å². The molecule has 1 fully saturated rings. The van der Waals surface area contributed by atoms with Crippen LogP contribution in [0.2, 0.25) is 5.02 Å². The van der Waals surface area contributed by atoms with Crippen molar-refractivity contribution in [2.45, 2.75) is 19.4 Å². The first-order valence-corrected chi connectivity index (χ1v) is 11.6. The molecular weight excluding hydrogens is 440 g/mol. The van der Waals surface area contributed by atoms with Gasteiger partial charge >= 0.3 is 12.0 Å². The van der Waals surface area contributed by atoms with E-state index in [1.807, 2.05) is 48.5 Å². The van der Waals surface area contributed by atoms with Crippen LogP contribution in [0.5, 0.6) is 0 Å². The minimum Gasteiger partial charge on any atom is -0.466 e. The van der Waals surface area contributed by atoms with E-state index in [1.54, 1.807) is 0 Å². The van der Waals surface area contributed by atoms with Gasteiger partial charge in [-0.15, -0.1) is 0 Å². The Morgan fingerprint density at radius 2 is 1.73 bits per heavy atom. The molecule has 174 valence electrons. The average Bonchev–Trinajstić information content (AvgIpc) is 2.84. The molecule has 2 amide bonds. The molecular formula is C25H29ClN4O3. The number of nitrogens with zero attached hydrogens (tertiary/aromatic N) is 2. The highest BCUT2D eigenvalue weighted by Crippen LogP contribution is 2.29. The van der Waals surface area contributed by atoms with E-state index >= 15 is 0 Å². The van der Waals surface area contributed by atoms with Gasteiger partial charge in [0, 0.05) is 49.1 Å². The number of benzene rings is 2. The number of halogens is 1. The Kier molecular flexibility index (Phi) is 7.20. The fraction of sp³-hybridized carbons (Fsp3) is 0.360. The zero-order valence-corrected chi connectivity index (χ0v) is 19.7. The summed E-state index contributed by atoms with van der Waals surface area (Å²) in [6, 6.07) is 14.9. The van der Waals surface area contributed by atoms with Crippen LogP contribution in [-0.4, -0.2) is 56.7 Å². The maximum Gasteiger partial charge on any atom is 0.338 e. The SMILES string of the molecule is CCc1ccc([C@@H]2NC(=O)NC(CN3CCN(c4ccc(Cl)cc4)CC3)=C2C(=O)OC)cc1. The third kappa shape index (κ3) is 5.31. The van der Waals surface area contributed by atoms with Gasteiger partial charge in [0.2, 0.25) is 0 Å². The molecule has 2 aliphatic heterocycles. The number of nitrogens with one attached hydrogen (secondary N) is 2. The first-order chi connectivity index (χ1) is 16.0. The Bertz CT molecular complexity index is 1030. The molecule has 0 saturated carbocycles. The summed E-state index contributed by atoms with van der Waals surface area (Å²) in [4.78, 5) is 29.8. The molecule has 0 spiro atoms. The number of urea groups is 1. The lowest BCUT2D eigenvalue weighted by atomic mass is 9.94. The lowest BCUT2D eigenvalue weighted by Gasteiger charge is -2.38. The van der Waals surface area contributed by atoms with Crippen molar-refractivity contribution in [3.05, 3.63) is 76.0 Å². The molecule has 0 aromatic heterocycles. The van der Waals surface area contributed by atoms with E-state index in [0.717, 1.165) is 48.9 Å². The standard InChI is InChI=1S/C25H29ClN4O3/c1-3-17-4-6-18(7-5-17)23-22(24(31)33-2)21(27-25(32)28-23)16-29-12-14-30(15-13-29)20-10-8-19(26)9-11-20/h4-11,23H,3,12-16H2,1-2H3,(H2,27,28,32)/t23-/m0/s1. The van der Waals surface area contributed by atoms with Gasteiger partial charge in [-0.05, 0) is 41.8 Å². The number of carbonyl (C=O) groups is 2. The van der Waals surface area contributed by atoms with E-state index in [2.05, 4.69) is 27.4 Å². The lowest BCUT2D eigenvalue weighted by molar-refractivity contribution is -0.136. The topological polar surface area (TPSA) is 73.9 Å². The summed E-state index contributed by atoms with van der Waals surface area (Å²) < 4.78 is 5.10. The Morgan fingerprint density at radius 1 is 1.06 bits per heavy atom. The fourth-order valence-corrected chi connectivity index (χ4v) is 4.46. The fourth-order valence-electron chi connectivity index (χ4n) is 4.33. The van der Waals surface area contributed by atoms with Crippen molar-refractivity contribution in [1.82, 2.24) is 15.5 Å². The molecule has 1 saturated heterocycles. The Labute approximate surface area is 199 Å². The van der Waals surface area contributed by atoms with Crippen LogP contribution in [0.25, 0.3) is 0 Å². The second kappa shape index (κ2) is 10.3. The van der Waals surface area contributed by atoms with Crippen LogP contribution in [0.1, 0.15) is 24.1 Å². The van der Waals surface area contributed by atoms with Crippen molar-refractivity contribution in [3.63, 3.8) is 0 Å². The smallest absolute Gasteiger partial charge is 0.338 e. The van der Waals surface area contributed by atoms with Crippen LogP contribution >= 0.6 is 11.6 Å². The monoisotopic (exact) mass is 468 g/mol. The van der Waals surface area contributed by atoms with E-state index in [-0.39, 0.29) is 6.03 Å². The number of ether oxygens (including phenoxy) is 1. The van der Waals surface area contributed by atoms with Crippen LogP contribution in [0.15, 0.2) is 59.8 Å². The summed E-state index contributed by atoms with van der Waals surface area (Å²) in [6.07, 6.45) is 0.922. The maximum atomic E-state index is 12.8. The summed E-state index contributed by atoms with van der Waals surface area (Å²) >= 11 is 6.01. The van der Waals surface area contributed by atoms with Crippen LogP contribution < -0.4 is 15.5 Å². The highest BCUT2D eigenvalue weighted by molar-refractivity contribution is 6.30. The van der Waals surface area contributed by atoms with Crippen LogP contribution in [0, 0.1) is 0 Å². The molecule has 2 aromatic carbocycles. The molecule has 33 heavy (non-hydrogen) atoms. The van der Waals surface area contributed by atoms with Gasteiger partial charge in [0.15, 0.2) is 0 Å². The third-order valence-corrected chi connectivity index (χ3v) is 6.48. The molecule has 0 unspecified atom stereocenters. The third-order valence-electron chi connectivity index (χ3n) is 6.23. The van der Waals surface area contributed by atoms with Crippen molar-refractivity contribution >= 4 is 29.3 Å². The normalized spacial score (nSPS) is 19.2. The van der Waals surface area contributed by atoms with E-state index in [9.17, 15) is 9.59 Å². The number of carbonyl (C=O) groups excluding carboxylic acids is 2. The van der Waals surface area contributed by atoms with Crippen LogP contribution in [-0.2, 0) is 16.0 Å². The highest BCUT2D eigenvalue weighted by atomic mass is 35.5. The van der Waals surface area contributed by atoms with Gasteiger partial charge in [0.1, 0.15) is 0 Å². The van der Waals surface area contributed by atoms with Crippen molar-refractivity contribution in [1.29, 1.82) is 0 Å². The molecule has 0 aliphatic carbocycles. The van der Waals surface area contributed by atoms with Gasteiger partial charge in [-0.25, -0.2) is 9.59 Å². The highest BCUT2D eigenvalue weighted by Gasteiger charge is 2.34. The molecule has 7 nitrogen and oxygen atoms in total. The maximum absolute atomic E-state index is 12.8. The number of rotatable bonds is 6. The van der Waals surface area contributed by atoms with E-state index in [4.69, 9.17) is 16.3 Å². The zero-order valence-electron chi connectivity index (χ0n) is 18.9. The largest absolute Gasteiger partial charge is 0.466 e. The van der Waals surface area contributed by atoms with Crippen molar-refractivity contribution in [2.75, 3.05) is 44.7 Å². The van der Waals surface area contributed by atoms with Gasteiger partial charge in [-0.1, -0.05) is 42.8 Å². The van der Waals surface area contributed by atoms with Crippen molar-refractivity contribution < 1.29 is 14.3 Å². The van der Waals surface area contributed by atoms with Gasteiger partial charge in [0.05, 0.1) is 18.7 Å². The second-order valence-corrected chi connectivity index (χ2v) is 8.69. The minimum absolute atomic E-state index is 0.318. The predicted octanol–water partition coefficient (Wildman–Crippen LogP) is 3.51. The Morgan fingerprint density at radius 3 is 2.33 bits per heavy atom. The molecule has 2 heterocycles. The second-order valence-electron chi connectivity index (χ2n) is 8.25. The molecule has 2 N–H and O–H groups in total. The minimum atomic E-state index is -0.553. The molecule has 8 heteroatoms. The predicted molar refractivity (Wildman–Crippen MR) is 129 cm³/mol. The molecule has 4 rings (SSSR count). The van der Waals surface area contributed by atoms with Gasteiger partial charge in [-0.3, -0.25) is 4.90 Å². The van der Waals surface area contributed by atoms with Crippen molar-refractivity contribution in [2.24, 2.45) is 0 Å². The van der Waals surface area contributed by atoms with E-state index in [0.29, 0.717) is 17.8 Å². The quantitative estimate of drug-likeness (QED) is 0.635.